The van der Waals surface area contributed by atoms with Gasteiger partial charge < -0.3 is 5.11 Å². The molecule has 10 heteroatoms. The molecular weight excluding hydrogens is 381 g/mol. The van der Waals surface area contributed by atoms with E-state index in [9.17, 15) is 13.2 Å². The van der Waals surface area contributed by atoms with Crippen molar-refractivity contribution in [3.8, 4) is 0 Å². The van der Waals surface area contributed by atoms with Gasteiger partial charge in [0.15, 0.2) is 0 Å². The first kappa shape index (κ1) is 18.9. The first-order chi connectivity index (χ1) is 9.69. The van der Waals surface area contributed by atoms with Crippen LogP contribution >= 0.6 is 46.6 Å². The number of carboxylic acid groups (broad SMARTS) is 1. The van der Waals surface area contributed by atoms with E-state index in [-0.39, 0.29) is 26.4 Å². The van der Waals surface area contributed by atoms with Crippen LogP contribution in [0.4, 0.5) is 0 Å². The zero-order valence-corrected chi connectivity index (χ0v) is 14.7. The number of aliphatic carboxylic acids is 1. The highest BCUT2D eigenvalue weighted by atomic mass is 35.5. The average molecular weight is 393 g/mol. The Morgan fingerprint density at radius 1 is 1.33 bits per heavy atom. The third-order valence-corrected chi connectivity index (χ3v) is 5.69. The van der Waals surface area contributed by atoms with Crippen LogP contribution in [0.1, 0.15) is 6.42 Å². The highest BCUT2D eigenvalue weighted by molar-refractivity contribution is 7.98. The van der Waals surface area contributed by atoms with E-state index < -0.39 is 22.0 Å². The maximum absolute atomic E-state index is 12.3. The molecule has 0 saturated heterocycles. The van der Waals surface area contributed by atoms with Crippen LogP contribution in [0, 0.1) is 0 Å². The van der Waals surface area contributed by atoms with E-state index in [1.807, 2.05) is 0 Å². The number of carbonyl (C=O) groups is 1. The molecule has 0 unspecified atom stereocenters. The molecule has 1 atom stereocenters. The summed E-state index contributed by atoms with van der Waals surface area (Å²) in [6.07, 6.45) is 1.93. The van der Waals surface area contributed by atoms with Crippen molar-refractivity contribution in [3.63, 3.8) is 0 Å². The summed E-state index contributed by atoms with van der Waals surface area (Å²) in [5, 5.41) is 8.91. The molecule has 0 aliphatic rings. The van der Waals surface area contributed by atoms with Crippen molar-refractivity contribution in [1.29, 1.82) is 0 Å². The molecule has 0 spiro atoms. The summed E-state index contributed by atoms with van der Waals surface area (Å²) in [5.41, 5.74) is 0. The van der Waals surface area contributed by atoms with Gasteiger partial charge in [0.2, 0.25) is 10.0 Å². The monoisotopic (exact) mass is 391 g/mol. The molecule has 0 bridgehead atoms. The van der Waals surface area contributed by atoms with Crippen LogP contribution in [0.25, 0.3) is 0 Å². The molecule has 0 radical (unpaired) electrons. The van der Waals surface area contributed by atoms with Gasteiger partial charge in [-0.1, -0.05) is 34.8 Å². The minimum atomic E-state index is -4.18. The van der Waals surface area contributed by atoms with Gasteiger partial charge in [-0.05, 0) is 30.6 Å². The third-order valence-electron chi connectivity index (χ3n) is 2.44. The van der Waals surface area contributed by atoms with Gasteiger partial charge in [0, 0.05) is 5.02 Å². The molecule has 1 aromatic carbocycles. The van der Waals surface area contributed by atoms with Crippen LogP contribution in [0.15, 0.2) is 17.0 Å². The van der Waals surface area contributed by atoms with Crippen molar-refractivity contribution >= 4 is 62.6 Å². The van der Waals surface area contributed by atoms with Gasteiger partial charge in [0.05, 0.1) is 10.0 Å². The van der Waals surface area contributed by atoms with Crippen molar-refractivity contribution in [3.05, 3.63) is 27.2 Å². The van der Waals surface area contributed by atoms with E-state index in [1.165, 1.54) is 23.9 Å². The van der Waals surface area contributed by atoms with Gasteiger partial charge in [-0.2, -0.15) is 16.5 Å². The molecule has 1 aromatic rings. The zero-order valence-electron chi connectivity index (χ0n) is 10.8. The smallest absolute Gasteiger partial charge is 0.321 e. The van der Waals surface area contributed by atoms with Crippen LogP contribution in [0.5, 0.6) is 0 Å². The Balaban J connectivity index is 3.14. The summed E-state index contributed by atoms with van der Waals surface area (Å²) < 4.78 is 26.6. The number of rotatable bonds is 7. The lowest BCUT2D eigenvalue weighted by atomic mass is 10.2. The Morgan fingerprint density at radius 2 is 1.86 bits per heavy atom. The summed E-state index contributed by atoms with van der Waals surface area (Å²) in [5.74, 6) is -0.782. The summed E-state index contributed by atoms with van der Waals surface area (Å²) in [7, 11) is -4.18. The highest BCUT2D eigenvalue weighted by Crippen LogP contribution is 2.32. The normalized spacial score (nSPS) is 13.1. The standard InChI is InChI=1S/C11H12Cl3NO4S2/c1-20-3-2-9(11(16)17)15-21(18,19)10-7(13)4-6(12)5-8(10)14/h4-5,9,15H,2-3H2,1H3,(H,16,17)/t9-/m0/s1. The van der Waals surface area contributed by atoms with E-state index in [4.69, 9.17) is 39.9 Å². The minimum absolute atomic E-state index is 0.137. The average Bonchev–Trinajstić information content (AvgIpc) is 2.32. The van der Waals surface area contributed by atoms with Crippen molar-refractivity contribution in [1.82, 2.24) is 4.72 Å². The number of benzene rings is 1. The Kier molecular flexibility index (Phi) is 7.09. The van der Waals surface area contributed by atoms with E-state index >= 15 is 0 Å². The number of carboxylic acids is 1. The van der Waals surface area contributed by atoms with Crippen molar-refractivity contribution in [2.75, 3.05) is 12.0 Å². The predicted molar refractivity (Wildman–Crippen MR) is 86.2 cm³/mol. The van der Waals surface area contributed by atoms with Gasteiger partial charge in [-0.3, -0.25) is 4.79 Å². The molecule has 0 heterocycles. The van der Waals surface area contributed by atoms with Crippen molar-refractivity contribution in [2.24, 2.45) is 0 Å². The van der Waals surface area contributed by atoms with E-state index in [2.05, 4.69) is 4.72 Å². The largest absolute Gasteiger partial charge is 0.480 e. The summed E-state index contributed by atoms with van der Waals surface area (Å²) in [4.78, 5) is 10.7. The van der Waals surface area contributed by atoms with Gasteiger partial charge in [-0.15, -0.1) is 0 Å². The molecule has 0 fully saturated rings. The Bertz CT molecular complexity index is 613. The second kappa shape index (κ2) is 7.89. The number of nitrogens with one attached hydrogen (secondary N) is 1. The molecule has 118 valence electrons. The van der Waals surface area contributed by atoms with E-state index in [1.54, 1.807) is 6.26 Å². The number of halogens is 3. The second-order valence-corrected chi connectivity index (χ2v) is 7.88. The van der Waals surface area contributed by atoms with Crippen molar-refractivity contribution < 1.29 is 18.3 Å². The second-order valence-electron chi connectivity index (χ2n) is 3.99. The first-order valence-electron chi connectivity index (χ1n) is 5.57. The summed E-state index contributed by atoms with van der Waals surface area (Å²) in [6, 6.07) is 1.19. The molecule has 0 aliphatic carbocycles. The minimum Gasteiger partial charge on any atom is -0.480 e. The van der Waals surface area contributed by atoms with E-state index in [0.717, 1.165) is 0 Å². The molecule has 0 amide bonds. The maximum atomic E-state index is 12.3. The number of hydrogen-bond acceptors (Lipinski definition) is 4. The van der Waals surface area contributed by atoms with Crippen LogP contribution in [-0.2, 0) is 14.8 Å². The molecule has 21 heavy (non-hydrogen) atoms. The fourth-order valence-corrected chi connectivity index (χ4v) is 4.74. The Morgan fingerprint density at radius 3 is 2.29 bits per heavy atom. The molecule has 5 nitrogen and oxygen atoms in total. The van der Waals surface area contributed by atoms with Gasteiger partial charge in [0.25, 0.3) is 0 Å². The van der Waals surface area contributed by atoms with Gasteiger partial charge in [-0.25, -0.2) is 8.42 Å². The van der Waals surface area contributed by atoms with E-state index in [0.29, 0.717) is 5.75 Å². The fraction of sp³-hybridized carbons (Fsp3) is 0.364. The Hall–Kier alpha value is -0.180. The zero-order chi connectivity index (χ0) is 16.2. The topological polar surface area (TPSA) is 83.5 Å². The van der Waals surface area contributed by atoms with Gasteiger partial charge in [0.1, 0.15) is 10.9 Å². The highest BCUT2D eigenvalue weighted by Gasteiger charge is 2.28. The lowest BCUT2D eigenvalue weighted by Crippen LogP contribution is -2.41. The lowest BCUT2D eigenvalue weighted by Gasteiger charge is -2.16. The molecule has 0 aliphatic heterocycles. The number of hydrogen-bond donors (Lipinski definition) is 2. The SMILES string of the molecule is CSCC[C@H](NS(=O)(=O)c1c(Cl)cc(Cl)cc1Cl)C(=O)O. The summed E-state index contributed by atoms with van der Waals surface area (Å²) >= 11 is 18.8. The summed E-state index contributed by atoms with van der Waals surface area (Å²) in [6.45, 7) is 0. The number of sulfonamides is 1. The lowest BCUT2D eigenvalue weighted by molar-refractivity contribution is -0.139. The third kappa shape index (κ3) is 5.19. The van der Waals surface area contributed by atoms with Gasteiger partial charge >= 0.3 is 5.97 Å². The van der Waals surface area contributed by atoms with Crippen LogP contribution < -0.4 is 4.72 Å². The first-order valence-corrected chi connectivity index (χ1v) is 9.58. The molecular formula is C11H12Cl3NO4S2. The molecule has 2 N–H and O–H groups in total. The molecule has 0 saturated carbocycles. The van der Waals surface area contributed by atoms with Crippen LogP contribution in [-0.4, -0.2) is 37.5 Å². The molecule has 0 aromatic heterocycles. The predicted octanol–water partition coefficient (Wildman–Crippen LogP) is 3.13. The molecule has 1 rings (SSSR count). The number of thioether (sulfide) groups is 1. The fourth-order valence-electron chi connectivity index (χ4n) is 1.50. The van der Waals surface area contributed by atoms with Crippen molar-refractivity contribution in [2.45, 2.75) is 17.4 Å². The quantitative estimate of drug-likeness (QED) is 0.745. The van der Waals surface area contributed by atoms with Crippen LogP contribution in [0.2, 0.25) is 15.1 Å². The van der Waals surface area contributed by atoms with Crippen LogP contribution in [0.3, 0.4) is 0 Å². The maximum Gasteiger partial charge on any atom is 0.321 e. The Labute approximate surface area is 142 Å².